The predicted molar refractivity (Wildman–Crippen MR) is 56.3 cm³/mol. The van der Waals surface area contributed by atoms with Gasteiger partial charge in [0.1, 0.15) is 5.82 Å². The van der Waals surface area contributed by atoms with E-state index >= 15 is 0 Å². The smallest absolute Gasteiger partial charge is 0.124 e. The van der Waals surface area contributed by atoms with Crippen LogP contribution in [0.15, 0.2) is 18.2 Å². The Morgan fingerprint density at radius 1 is 1.43 bits per heavy atom. The van der Waals surface area contributed by atoms with Gasteiger partial charge in [-0.15, -0.1) is 0 Å². The van der Waals surface area contributed by atoms with Crippen molar-refractivity contribution in [3.8, 4) is 0 Å². The molecular formula is C11H13ClFN. The number of rotatable bonds is 1. The van der Waals surface area contributed by atoms with Gasteiger partial charge in [-0.25, -0.2) is 4.39 Å². The van der Waals surface area contributed by atoms with Crippen LogP contribution in [0.2, 0.25) is 5.02 Å². The van der Waals surface area contributed by atoms with Gasteiger partial charge in [-0.3, -0.25) is 0 Å². The molecule has 76 valence electrons. The molecule has 2 rings (SSSR count). The minimum absolute atomic E-state index is 0.234. The summed E-state index contributed by atoms with van der Waals surface area (Å²) in [6.07, 6.45) is 1.09. The summed E-state index contributed by atoms with van der Waals surface area (Å²) in [5.74, 6) is 0.204. The van der Waals surface area contributed by atoms with E-state index in [4.69, 9.17) is 11.6 Å². The van der Waals surface area contributed by atoms with Gasteiger partial charge in [0.15, 0.2) is 0 Å². The van der Waals surface area contributed by atoms with E-state index in [1.807, 2.05) is 6.07 Å². The molecule has 0 radical (unpaired) electrons. The maximum atomic E-state index is 13.1. The number of hydrogen-bond donors (Lipinski definition) is 0. The SMILES string of the molecule is CN1CCC(c2cc(F)cc(Cl)c2)C1. The van der Waals surface area contributed by atoms with E-state index in [1.165, 1.54) is 6.07 Å². The molecule has 1 nitrogen and oxygen atoms in total. The standard InChI is InChI=1S/C11H13ClFN/c1-14-3-2-8(7-14)9-4-10(12)6-11(13)5-9/h4-6,8H,2-3,7H2,1H3. The number of likely N-dealkylation sites (N-methyl/N-ethyl adjacent to an activating group) is 1. The fourth-order valence-electron chi connectivity index (χ4n) is 2.02. The zero-order chi connectivity index (χ0) is 10.1. The molecule has 14 heavy (non-hydrogen) atoms. The molecule has 0 saturated carbocycles. The summed E-state index contributed by atoms with van der Waals surface area (Å²) in [4.78, 5) is 2.25. The van der Waals surface area contributed by atoms with Gasteiger partial charge in [0, 0.05) is 11.6 Å². The van der Waals surface area contributed by atoms with Crippen LogP contribution in [-0.4, -0.2) is 25.0 Å². The molecule has 1 aromatic carbocycles. The van der Waals surface area contributed by atoms with Gasteiger partial charge in [0.05, 0.1) is 0 Å². The van der Waals surface area contributed by atoms with Gasteiger partial charge in [-0.05, 0) is 49.7 Å². The first kappa shape index (κ1) is 9.94. The van der Waals surface area contributed by atoms with Crippen LogP contribution in [0.5, 0.6) is 0 Å². The normalized spacial score (nSPS) is 22.9. The third kappa shape index (κ3) is 2.07. The lowest BCUT2D eigenvalue weighted by atomic mass is 9.98. The summed E-state index contributed by atoms with van der Waals surface area (Å²) in [6.45, 7) is 2.08. The van der Waals surface area contributed by atoms with Gasteiger partial charge in [-0.2, -0.15) is 0 Å². The minimum Gasteiger partial charge on any atom is -0.306 e. The van der Waals surface area contributed by atoms with Gasteiger partial charge >= 0.3 is 0 Å². The molecular weight excluding hydrogens is 201 g/mol. The van der Waals surface area contributed by atoms with Crippen molar-refractivity contribution in [3.05, 3.63) is 34.6 Å². The number of likely N-dealkylation sites (tertiary alicyclic amines) is 1. The Hall–Kier alpha value is -0.600. The number of hydrogen-bond acceptors (Lipinski definition) is 1. The first-order valence-corrected chi connectivity index (χ1v) is 5.17. The molecule has 1 unspecified atom stereocenters. The van der Waals surface area contributed by atoms with Crippen LogP contribution in [0, 0.1) is 5.82 Å². The molecule has 1 aliphatic rings. The van der Waals surface area contributed by atoms with Crippen molar-refractivity contribution >= 4 is 11.6 Å². The summed E-state index contributed by atoms with van der Waals surface area (Å²) in [5, 5.41) is 0.495. The lowest BCUT2D eigenvalue weighted by Crippen LogP contribution is -2.13. The van der Waals surface area contributed by atoms with Crippen LogP contribution in [0.4, 0.5) is 4.39 Å². The van der Waals surface area contributed by atoms with Crippen LogP contribution in [0.1, 0.15) is 17.9 Å². The molecule has 1 aromatic rings. The molecule has 0 spiro atoms. The fraction of sp³-hybridized carbons (Fsp3) is 0.455. The van der Waals surface area contributed by atoms with Crippen molar-refractivity contribution in [2.75, 3.05) is 20.1 Å². The van der Waals surface area contributed by atoms with Crippen LogP contribution >= 0.6 is 11.6 Å². The second-order valence-corrected chi connectivity index (χ2v) is 4.39. The van der Waals surface area contributed by atoms with Gasteiger partial charge in [-0.1, -0.05) is 11.6 Å². The predicted octanol–water partition coefficient (Wildman–Crippen LogP) is 2.90. The summed E-state index contributed by atoms with van der Waals surface area (Å²) in [5.41, 5.74) is 1.03. The zero-order valence-corrected chi connectivity index (χ0v) is 8.89. The molecule has 3 heteroatoms. The zero-order valence-electron chi connectivity index (χ0n) is 8.13. The number of benzene rings is 1. The van der Waals surface area contributed by atoms with Crippen molar-refractivity contribution in [2.24, 2.45) is 0 Å². The van der Waals surface area contributed by atoms with Crippen molar-refractivity contribution in [1.82, 2.24) is 4.90 Å². The Kier molecular flexibility index (Phi) is 2.75. The maximum Gasteiger partial charge on any atom is 0.124 e. The van der Waals surface area contributed by atoms with E-state index in [0.717, 1.165) is 25.1 Å². The van der Waals surface area contributed by atoms with Crippen LogP contribution < -0.4 is 0 Å². The van der Waals surface area contributed by atoms with E-state index in [2.05, 4.69) is 11.9 Å². The first-order valence-electron chi connectivity index (χ1n) is 4.79. The average molecular weight is 214 g/mol. The molecule has 0 amide bonds. The Labute approximate surface area is 88.5 Å². The highest BCUT2D eigenvalue weighted by atomic mass is 35.5. The maximum absolute atomic E-state index is 13.1. The Morgan fingerprint density at radius 2 is 2.21 bits per heavy atom. The monoisotopic (exact) mass is 213 g/mol. The van der Waals surface area contributed by atoms with Crippen LogP contribution in [-0.2, 0) is 0 Å². The second-order valence-electron chi connectivity index (χ2n) is 3.95. The molecule has 1 saturated heterocycles. The molecule has 1 aliphatic heterocycles. The third-order valence-electron chi connectivity index (χ3n) is 2.75. The van der Waals surface area contributed by atoms with Crippen molar-refractivity contribution in [1.29, 1.82) is 0 Å². The average Bonchev–Trinajstić information content (AvgIpc) is 2.50. The van der Waals surface area contributed by atoms with E-state index in [9.17, 15) is 4.39 Å². The minimum atomic E-state index is -0.234. The lowest BCUT2D eigenvalue weighted by Gasteiger charge is -2.11. The first-order chi connectivity index (χ1) is 6.65. The molecule has 0 bridgehead atoms. The summed E-state index contributed by atoms with van der Waals surface area (Å²) in [6, 6.07) is 4.81. The highest BCUT2D eigenvalue weighted by Gasteiger charge is 2.21. The molecule has 1 heterocycles. The molecule has 0 aromatic heterocycles. The fourth-order valence-corrected chi connectivity index (χ4v) is 2.25. The van der Waals surface area contributed by atoms with Gasteiger partial charge in [0.2, 0.25) is 0 Å². The van der Waals surface area contributed by atoms with E-state index in [0.29, 0.717) is 10.9 Å². The Morgan fingerprint density at radius 3 is 2.79 bits per heavy atom. The molecule has 0 N–H and O–H groups in total. The van der Waals surface area contributed by atoms with Crippen molar-refractivity contribution in [3.63, 3.8) is 0 Å². The summed E-state index contributed by atoms with van der Waals surface area (Å²) >= 11 is 5.81. The van der Waals surface area contributed by atoms with Crippen molar-refractivity contribution in [2.45, 2.75) is 12.3 Å². The molecule has 1 fully saturated rings. The number of halogens is 2. The third-order valence-corrected chi connectivity index (χ3v) is 2.97. The van der Waals surface area contributed by atoms with Crippen LogP contribution in [0.25, 0.3) is 0 Å². The molecule has 0 aliphatic carbocycles. The van der Waals surface area contributed by atoms with Gasteiger partial charge in [0.25, 0.3) is 0 Å². The van der Waals surface area contributed by atoms with E-state index in [1.54, 1.807) is 6.07 Å². The number of nitrogens with zero attached hydrogens (tertiary/aromatic N) is 1. The van der Waals surface area contributed by atoms with Gasteiger partial charge < -0.3 is 4.90 Å². The highest BCUT2D eigenvalue weighted by Crippen LogP contribution is 2.28. The Bertz CT molecular complexity index is 320. The van der Waals surface area contributed by atoms with E-state index < -0.39 is 0 Å². The quantitative estimate of drug-likeness (QED) is 0.694. The lowest BCUT2D eigenvalue weighted by molar-refractivity contribution is 0.411. The summed E-state index contributed by atoms with van der Waals surface area (Å²) in [7, 11) is 2.08. The second kappa shape index (κ2) is 3.87. The van der Waals surface area contributed by atoms with Crippen LogP contribution in [0.3, 0.4) is 0 Å². The van der Waals surface area contributed by atoms with E-state index in [-0.39, 0.29) is 5.82 Å². The molecule has 1 atom stereocenters. The van der Waals surface area contributed by atoms with Crippen molar-refractivity contribution < 1.29 is 4.39 Å². The largest absolute Gasteiger partial charge is 0.306 e. The highest BCUT2D eigenvalue weighted by molar-refractivity contribution is 6.30. The Balaban J connectivity index is 2.23. The summed E-state index contributed by atoms with van der Waals surface area (Å²) < 4.78 is 13.1. The topological polar surface area (TPSA) is 3.24 Å².